The highest BCUT2D eigenvalue weighted by Crippen LogP contribution is 2.39. The number of nitrogens with zero attached hydrogens (tertiary/aromatic N) is 2. The van der Waals surface area contributed by atoms with Crippen molar-refractivity contribution in [3.8, 4) is 0 Å². The third-order valence-corrected chi connectivity index (χ3v) is 3.84. The molecule has 3 rings (SSSR count). The van der Waals surface area contributed by atoms with Gasteiger partial charge in [-0.1, -0.05) is 11.6 Å². The van der Waals surface area contributed by atoms with Crippen molar-refractivity contribution in [1.82, 2.24) is 4.98 Å². The van der Waals surface area contributed by atoms with E-state index in [9.17, 15) is 9.59 Å². The van der Waals surface area contributed by atoms with Crippen molar-refractivity contribution in [1.29, 1.82) is 0 Å². The summed E-state index contributed by atoms with van der Waals surface area (Å²) in [6.07, 6.45) is 1.28. The number of carbonyl (C=O) groups is 2. The highest BCUT2D eigenvalue weighted by atomic mass is 35.5. The van der Waals surface area contributed by atoms with Crippen molar-refractivity contribution in [2.75, 3.05) is 10.2 Å². The summed E-state index contributed by atoms with van der Waals surface area (Å²) >= 11 is 6.04. The maximum absolute atomic E-state index is 12.8. The molecule has 0 aliphatic carbocycles. The molecule has 2 heterocycles. The molecule has 1 aliphatic heterocycles. The maximum atomic E-state index is 12.8. The Kier molecular flexibility index (Phi) is 3.21. The molecule has 2 aromatic rings. The summed E-state index contributed by atoms with van der Waals surface area (Å²) in [6.45, 7) is 4.98. The van der Waals surface area contributed by atoms with Crippen LogP contribution in [-0.4, -0.2) is 22.3 Å². The molecule has 0 spiro atoms. The Labute approximate surface area is 132 Å². The van der Waals surface area contributed by atoms with Gasteiger partial charge in [0.1, 0.15) is 11.8 Å². The monoisotopic (exact) mass is 319 g/mol. The van der Waals surface area contributed by atoms with Gasteiger partial charge in [-0.3, -0.25) is 14.5 Å². The van der Waals surface area contributed by atoms with Gasteiger partial charge in [0, 0.05) is 11.9 Å². The van der Waals surface area contributed by atoms with Crippen LogP contribution >= 0.6 is 11.6 Å². The van der Waals surface area contributed by atoms with Crippen molar-refractivity contribution < 1.29 is 14.0 Å². The van der Waals surface area contributed by atoms with Gasteiger partial charge in [-0.25, -0.2) is 4.98 Å². The van der Waals surface area contributed by atoms with E-state index in [1.165, 1.54) is 11.2 Å². The Morgan fingerprint density at radius 3 is 2.77 bits per heavy atom. The highest BCUT2D eigenvalue weighted by molar-refractivity contribution is 6.31. The van der Waals surface area contributed by atoms with E-state index in [2.05, 4.69) is 10.3 Å². The first-order valence-electron chi connectivity index (χ1n) is 6.68. The molecule has 0 atom stereocenters. The Morgan fingerprint density at radius 2 is 2.14 bits per heavy atom. The zero-order chi connectivity index (χ0) is 16.1. The molecular weight excluding hydrogens is 306 g/mol. The average Bonchev–Trinajstić information content (AvgIpc) is 2.87. The van der Waals surface area contributed by atoms with E-state index in [4.69, 9.17) is 16.0 Å². The fraction of sp³-hybridized carbons (Fsp3) is 0.267. The first kappa shape index (κ1) is 14.6. The molecule has 1 aromatic heterocycles. The topological polar surface area (TPSA) is 75.4 Å². The van der Waals surface area contributed by atoms with Crippen LogP contribution in [0.3, 0.4) is 0 Å². The first-order chi connectivity index (χ1) is 10.3. The van der Waals surface area contributed by atoms with Crippen LogP contribution < -0.4 is 10.2 Å². The number of hydrogen-bond donors (Lipinski definition) is 1. The largest absolute Gasteiger partial charge is 0.448 e. The third kappa shape index (κ3) is 2.16. The second kappa shape index (κ2) is 4.84. The molecule has 1 N–H and O–H groups in total. The van der Waals surface area contributed by atoms with Crippen LogP contribution in [0.1, 0.15) is 30.2 Å². The Hall–Kier alpha value is -2.34. The van der Waals surface area contributed by atoms with Crippen molar-refractivity contribution in [2.24, 2.45) is 0 Å². The summed E-state index contributed by atoms with van der Waals surface area (Å²) in [5, 5.41) is 3.26. The van der Waals surface area contributed by atoms with E-state index in [-0.39, 0.29) is 11.6 Å². The Bertz CT molecular complexity index is 782. The zero-order valence-corrected chi connectivity index (χ0v) is 13.1. The molecule has 1 aromatic carbocycles. The van der Waals surface area contributed by atoms with Crippen molar-refractivity contribution in [3.05, 3.63) is 41.1 Å². The molecule has 6 nitrogen and oxygen atoms in total. The SMILES string of the molecule is Cc1nc(C(=O)N2c3cc(Cl)ccc3NC(=O)C2(C)C)co1. The van der Waals surface area contributed by atoms with E-state index >= 15 is 0 Å². The van der Waals surface area contributed by atoms with Crippen LogP contribution in [0.15, 0.2) is 28.9 Å². The number of aryl methyl sites for hydroxylation is 1. The van der Waals surface area contributed by atoms with Gasteiger partial charge in [-0.2, -0.15) is 0 Å². The lowest BCUT2D eigenvalue weighted by molar-refractivity contribution is -0.120. The molecule has 0 fully saturated rings. The number of fused-ring (bicyclic) bond motifs is 1. The summed E-state index contributed by atoms with van der Waals surface area (Å²) in [6, 6.07) is 4.96. The van der Waals surface area contributed by atoms with Crippen LogP contribution in [0.2, 0.25) is 5.02 Å². The third-order valence-electron chi connectivity index (χ3n) is 3.60. The number of carbonyl (C=O) groups excluding carboxylic acids is 2. The number of amides is 2. The highest BCUT2D eigenvalue weighted by Gasteiger charge is 2.44. The van der Waals surface area contributed by atoms with E-state index in [1.807, 2.05) is 0 Å². The zero-order valence-electron chi connectivity index (χ0n) is 12.3. The van der Waals surface area contributed by atoms with Crippen LogP contribution in [-0.2, 0) is 4.79 Å². The van der Waals surface area contributed by atoms with E-state index in [1.54, 1.807) is 39.0 Å². The quantitative estimate of drug-likeness (QED) is 0.876. The number of anilines is 2. The standard InChI is InChI=1S/C15H14ClN3O3/c1-8-17-11(7-22-8)13(20)19-12-6-9(16)4-5-10(12)18-14(21)15(19,2)3/h4-7H,1-3H3,(H,18,21). The van der Waals surface area contributed by atoms with Gasteiger partial charge >= 0.3 is 0 Å². The minimum absolute atomic E-state index is 0.145. The smallest absolute Gasteiger partial charge is 0.281 e. The summed E-state index contributed by atoms with van der Waals surface area (Å²) in [5.41, 5.74) is 0.123. The fourth-order valence-corrected chi connectivity index (χ4v) is 2.58. The van der Waals surface area contributed by atoms with Crippen LogP contribution in [0.4, 0.5) is 11.4 Å². The minimum atomic E-state index is -1.08. The second-order valence-electron chi connectivity index (χ2n) is 5.57. The molecule has 114 valence electrons. The van der Waals surface area contributed by atoms with Gasteiger partial charge in [0.15, 0.2) is 11.6 Å². The van der Waals surface area contributed by atoms with Gasteiger partial charge in [-0.15, -0.1) is 0 Å². The van der Waals surface area contributed by atoms with E-state index in [0.29, 0.717) is 22.3 Å². The molecule has 7 heteroatoms. The van der Waals surface area contributed by atoms with Gasteiger partial charge in [0.2, 0.25) is 5.91 Å². The number of hydrogen-bond acceptors (Lipinski definition) is 4. The maximum Gasteiger partial charge on any atom is 0.281 e. The molecule has 2 amide bonds. The molecule has 0 unspecified atom stereocenters. The first-order valence-corrected chi connectivity index (χ1v) is 7.06. The van der Waals surface area contributed by atoms with Crippen molar-refractivity contribution in [3.63, 3.8) is 0 Å². The molecule has 0 saturated heterocycles. The molecule has 0 bridgehead atoms. The van der Waals surface area contributed by atoms with Crippen LogP contribution in [0.25, 0.3) is 0 Å². The summed E-state index contributed by atoms with van der Waals surface area (Å²) in [7, 11) is 0. The average molecular weight is 320 g/mol. The molecular formula is C15H14ClN3O3. The van der Waals surface area contributed by atoms with Crippen molar-refractivity contribution >= 4 is 34.8 Å². The van der Waals surface area contributed by atoms with Crippen LogP contribution in [0.5, 0.6) is 0 Å². The predicted octanol–water partition coefficient (Wildman–Crippen LogP) is 3.01. The number of aromatic nitrogens is 1. The lowest BCUT2D eigenvalue weighted by Crippen LogP contribution is -2.58. The summed E-state index contributed by atoms with van der Waals surface area (Å²) < 4.78 is 5.10. The second-order valence-corrected chi connectivity index (χ2v) is 6.00. The van der Waals surface area contributed by atoms with Gasteiger partial charge in [-0.05, 0) is 32.0 Å². The number of halogens is 1. The predicted molar refractivity (Wildman–Crippen MR) is 82.2 cm³/mol. The van der Waals surface area contributed by atoms with E-state index < -0.39 is 11.4 Å². The Balaban J connectivity index is 2.16. The van der Waals surface area contributed by atoms with Gasteiger partial charge < -0.3 is 9.73 Å². The molecule has 0 saturated carbocycles. The molecule has 1 aliphatic rings. The molecule has 22 heavy (non-hydrogen) atoms. The van der Waals surface area contributed by atoms with Gasteiger partial charge in [0.25, 0.3) is 5.91 Å². The number of benzene rings is 1. The van der Waals surface area contributed by atoms with E-state index in [0.717, 1.165) is 0 Å². The lowest BCUT2D eigenvalue weighted by Gasteiger charge is -2.41. The lowest BCUT2D eigenvalue weighted by atomic mass is 9.96. The number of oxazole rings is 1. The normalized spacial score (nSPS) is 16.2. The number of rotatable bonds is 1. The fourth-order valence-electron chi connectivity index (χ4n) is 2.41. The summed E-state index contributed by atoms with van der Waals surface area (Å²) in [5.74, 6) is -0.315. The van der Waals surface area contributed by atoms with Gasteiger partial charge in [0.05, 0.1) is 11.4 Å². The van der Waals surface area contributed by atoms with Crippen LogP contribution in [0, 0.1) is 6.92 Å². The minimum Gasteiger partial charge on any atom is -0.448 e. The summed E-state index contributed by atoms with van der Waals surface area (Å²) in [4.78, 5) is 30.6. The molecule has 0 radical (unpaired) electrons. The number of nitrogens with one attached hydrogen (secondary N) is 1. The Morgan fingerprint density at radius 1 is 1.41 bits per heavy atom. The van der Waals surface area contributed by atoms with Crippen molar-refractivity contribution in [2.45, 2.75) is 26.3 Å².